The highest BCUT2D eigenvalue weighted by molar-refractivity contribution is 5.95. The highest BCUT2D eigenvalue weighted by Crippen LogP contribution is 2.24. The van der Waals surface area contributed by atoms with Crippen LogP contribution in [0.4, 0.5) is 5.69 Å². The van der Waals surface area contributed by atoms with E-state index in [1.165, 1.54) is 0 Å². The van der Waals surface area contributed by atoms with Gasteiger partial charge in [-0.25, -0.2) is 0 Å². The molecule has 2 aromatic carbocycles. The zero-order valence-corrected chi connectivity index (χ0v) is 15.1. The van der Waals surface area contributed by atoms with Crippen LogP contribution >= 0.6 is 0 Å². The fourth-order valence-corrected chi connectivity index (χ4v) is 2.32. The van der Waals surface area contributed by atoms with Crippen molar-refractivity contribution < 1.29 is 19.1 Å². The van der Waals surface area contributed by atoms with E-state index in [2.05, 4.69) is 10.6 Å². The SMILES string of the molecule is COc1ccc(C)cc1NC(=O)CNC(=O)CCCOc1ccccc1. The second-order valence-corrected chi connectivity index (χ2v) is 5.79. The molecule has 0 saturated heterocycles. The van der Waals surface area contributed by atoms with Crippen LogP contribution in [0.25, 0.3) is 0 Å². The molecular weight excluding hydrogens is 332 g/mol. The Kier molecular flexibility index (Phi) is 7.49. The molecule has 0 bridgehead atoms. The van der Waals surface area contributed by atoms with E-state index in [1.807, 2.05) is 49.4 Å². The minimum atomic E-state index is -0.303. The van der Waals surface area contributed by atoms with E-state index >= 15 is 0 Å². The van der Waals surface area contributed by atoms with Crippen molar-refractivity contribution in [2.75, 3.05) is 25.6 Å². The van der Waals surface area contributed by atoms with Crippen molar-refractivity contribution in [1.29, 1.82) is 0 Å². The van der Waals surface area contributed by atoms with E-state index in [9.17, 15) is 9.59 Å². The monoisotopic (exact) mass is 356 g/mol. The van der Waals surface area contributed by atoms with Gasteiger partial charge in [-0.2, -0.15) is 0 Å². The van der Waals surface area contributed by atoms with E-state index in [1.54, 1.807) is 13.2 Å². The van der Waals surface area contributed by atoms with E-state index in [0.717, 1.165) is 11.3 Å². The molecule has 138 valence electrons. The van der Waals surface area contributed by atoms with Gasteiger partial charge < -0.3 is 20.1 Å². The largest absolute Gasteiger partial charge is 0.495 e. The van der Waals surface area contributed by atoms with Crippen LogP contribution in [0.5, 0.6) is 11.5 Å². The lowest BCUT2D eigenvalue weighted by Gasteiger charge is -2.11. The van der Waals surface area contributed by atoms with Gasteiger partial charge in [0.05, 0.1) is 25.9 Å². The Morgan fingerprint density at radius 3 is 2.54 bits per heavy atom. The van der Waals surface area contributed by atoms with Crippen molar-refractivity contribution in [2.24, 2.45) is 0 Å². The predicted octanol–water partition coefficient (Wildman–Crippen LogP) is 2.92. The standard InChI is InChI=1S/C20H24N2O4/c1-15-10-11-18(25-2)17(13-15)22-20(24)14-21-19(23)9-6-12-26-16-7-4-3-5-8-16/h3-5,7-8,10-11,13H,6,9,12,14H2,1-2H3,(H,21,23)(H,22,24). The van der Waals surface area contributed by atoms with Crippen LogP contribution in [0.2, 0.25) is 0 Å². The summed E-state index contributed by atoms with van der Waals surface area (Å²) in [5, 5.41) is 5.35. The number of methoxy groups -OCH3 is 1. The smallest absolute Gasteiger partial charge is 0.243 e. The minimum Gasteiger partial charge on any atom is -0.495 e. The Hall–Kier alpha value is -3.02. The Labute approximate surface area is 153 Å². The number of nitrogens with one attached hydrogen (secondary N) is 2. The summed E-state index contributed by atoms with van der Waals surface area (Å²) >= 11 is 0. The number of benzene rings is 2. The maximum absolute atomic E-state index is 12.0. The molecule has 2 amide bonds. The molecule has 0 fully saturated rings. The third-order valence-electron chi connectivity index (χ3n) is 3.64. The molecule has 2 rings (SSSR count). The summed E-state index contributed by atoms with van der Waals surface area (Å²) in [6.45, 7) is 2.29. The first-order valence-electron chi connectivity index (χ1n) is 8.47. The average Bonchev–Trinajstić information content (AvgIpc) is 2.65. The van der Waals surface area contributed by atoms with Crippen LogP contribution in [0.3, 0.4) is 0 Å². The van der Waals surface area contributed by atoms with Gasteiger partial charge in [-0.3, -0.25) is 9.59 Å². The van der Waals surface area contributed by atoms with Crippen molar-refractivity contribution in [3.05, 3.63) is 54.1 Å². The second-order valence-electron chi connectivity index (χ2n) is 5.79. The van der Waals surface area contributed by atoms with Crippen LogP contribution in [0.1, 0.15) is 18.4 Å². The van der Waals surface area contributed by atoms with Crippen molar-refractivity contribution in [3.63, 3.8) is 0 Å². The lowest BCUT2D eigenvalue weighted by Crippen LogP contribution is -2.33. The number of para-hydroxylation sites is 1. The summed E-state index contributed by atoms with van der Waals surface area (Å²) in [4.78, 5) is 23.8. The fourth-order valence-electron chi connectivity index (χ4n) is 2.32. The fraction of sp³-hybridized carbons (Fsp3) is 0.300. The molecule has 0 aliphatic carbocycles. The molecule has 6 nitrogen and oxygen atoms in total. The average molecular weight is 356 g/mol. The van der Waals surface area contributed by atoms with Gasteiger partial charge >= 0.3 is 0 Å². The summed E-state index contributed by atoms with van der Waals surface area (Å²) in [7, 11) is 1.54. The van der Waals surface area contributed by atoms with Crippen molar-refractivity contribution >= 4 is 17.5 Å². The van der Waals surface area contributed by atoms with Crippen LogP contribution < -0.4 is 20.1 Å². The van der Waals surface area contributed by atoms with Crippen LogP contribution in [-0.4, -0.2) is 32.1 Å². The molecule has 0 heterocycles. The summed E-state index contributed by atoms with van der Waals surface area (Å²) in [6.07, 6.45) is 0.877. The lowest BCUT2D eigenvalue weighted by atomic mass is 10.2. The molecule has 0 unspecified atom stereocenters. The Bertz CT molecular complexity index is 732. The molecule has 0 saturated carbocycles. The first-order chi connectivity index (χ1) is 12.6. The quantitative estimate of drug-likeness (QED) is 0.677. The van der Waals surface area contributed by atoms with Gasteiger partial charge in [0.25, 0.3) is 0 Å². The number of hydrogen-bond acceptors (Lipinski definition) is 4. The van der Waals surface area contributed by atoms with Crippen molar-refractivity contribution in [3.8, 4) is 11.5 Å². The number of hydrogen-bond donors (Lipinski definition) is 2. The normalized spacial score (nSPS) is 10.1. The van der Waals surface area contributed by atoms with E-state index in [-0.39, 0.29) is 18.4 Å². The maximum Gasteiger partial charge on any atom is 0.243 e. The highest BCUT2D eigenvalue weighted by atomic mass is 16.5. The first-order valence-corrected chi connectivity index (χ1v) is 8.47. The molecule has 2 aromatic rings. The summed E-state index contributed by atoms with van der Waals surface area (Å²) in [6, 6.07) is 14.9. The molecule has 0 aromatic heterocycles. The third kappa shape index (κ3) is 6.47. The lowest BCUT2D eigenvalue weighted by molar-refractivity contribution is -0.124. The summed E-state index contributed by atoms with van der Waals surface area (Å²) in [5.74, 6) is 0.864. The molecular formula is C20H24N2O4. The van der Waals surface area contributed by atoms with Crippen LogP contribution in [-0.2, 0) is 9.59 Å². The van der Waals surface area contributed by atoms with Crippen molar-refractivity contribution in [2.45, 2.75) is 19.8 Å². The molecule has 26 heavy (non-hydrogen) atoms. The molecule has 0 radical (unpaired) electrons. The molecule has 0 aliphatic rings. The van der Waals surface area contributed by atoms with Gasteiger partial charge in [-0.05, 0) is 43.2 Å². The number of carbonyl (C=O) groups is 2. The molecule has 0 aliphatic heterocycles. The maximum atomic E-state index is 12.0. The zero-order chi connectivity index (χ0) is 18.8. The summed E-state index contributed by atoms with van der Waals surface area (Å²) in [5.41, 5.74) is 1.59. The third-order valence-corrected chi connectivity index (χ3v) is 3.64. The van der Waals surface area contributed by atoms with Crippen LogP contribution in [0.15, 0.2) is 48.5 Å². The van der Waals surface area contributed by atoms with Gasteiger partial charge in [0, 0.05) is 6.42 Å². The first kappa shape index (κ1) is 19.3. The number of ether oxygens (including phenoxy) is 2. The van der Waals surface area contributed by atoms with Gasteiger partial charge in [0.2, 0.25) is 11.8 Å². The van der Waals surface area contributed by atoms with E-state index in [0.29, 0.717) is 30.9 Å². The minimum absolute atomic E-state index is 0.0878. The number of aryl methyl sites for hydroxylation is 1. The summed E-state index contributed by atoms with van der Waals surface area (Å²) < 4.78 is 10.7. The van der Waals surface area contributed by atoms with Crippen molar-refractivity contribution in [1.82, 2.24) is 5.32 Å². The van der Waals surface area contributed by atoms with Gasteiger partial charge in [0.1, 0.15) is 11.5 Å². The number of rotatable bonds is 9. The number of carbonyl (C=O) groups excluding carboxylic acids is 2. The molecule has 6 heteroatoms. The Morgan fingerprint density at radius 1 is 1.04 bits per heavy atom. The topological polar surface area (TPSA) is 76.7 Å². The molecule has 0 spiro atoms. The van der Waals surface area contributed by atoms with E-state index < -0.39 is 0 Å². The van der Waals surface area contributed by atoms with E-state index in [4.69, 9.17) is 9.47 Å². The predicted molar refractivity (Wildman–Crippen MR) is 101 cm³/mol. The molecule has 0 atom stereocenters. The molecule has 2 N–H and O–H groups in total. The van der Waals surface area contributed by atoms with Crippen LogP contribution in [0, 0.1) is 6.92 Å². The Morgan fingerprint density at radius 2 is 1.81 bits per heavy atom. The van der Waals surface area contributed by atoms with Gasteiger partial charge in [-0.15, -0.1) is 0 Å². The van der Waals surface area contributed by atoms with Gasteiger partial charge in [0.15, 0.2) is 0 Å². The second kappa shape index (κ2) is 10.1. The zero-order valence-electron chi connectivity index (χ0n) is 15.1. The highest BCUT2D eigenvalue weighted by Gasteiger charge is 2.09. The number of anilines is 1. The van der Waals surface area contributed by atoms with Gasteiger partial charge in [-0.1, -0.05) is 24.3 Å². The Balaban J connectivity index is 1.67. The number of amides is 2.